The minimum atomic E-state index is -4.30. The van der Waals surface area contributed by atoms with Crippen LogP contribution in [0.5, 0.6) is 0 Å². The SMILES string of the molecule is CC(=O)N=C(C#N)c1ncn(CCOC(=O)NS(=O)(=O)c2ccc(C)cc2)c1NC(=O)NS(=O)(=O)c1ccc(C)cc1. The Balaban J connectivity index is 1.77. The number of urea groups is 1. The van der Waals surface area contributed by atoms with E-state index in [1.807, 2.05) is 4.72 Å². The number of nitriles is 1. The zero-order valence-corrected chi connectivity index (χ0v) is 24.1. The molecule has 42 heavy (non-hydrogen) atoms. The number of ether oxygens (including phenoxy) is 1. The molecule has 0 fully saturated rings. The van der Waals surface area contributed by atoms with Gasteiger partial charge < -0.3 is 9.30 Å². The third kappa shape index (κ3) is 8.22. The van der Waals surface area contributed by atoms with Crippen LogP contribution in [0.1, 0.15) is 23.7 Å². The van der Waals surface area contributed by atoms with Crippen LogP contribution >= 0.6 is 0 Å². The lowest BCUT2D eigenvalue weighted by molar-refractivity contribution is -0.115. The van der Waals surface area contributed by atoms with Crippen molar-refractivity contribution < 1.29 is 36.0 Å². The molecule has 0 radical (unpaired) electrons. The highest BCUT2D eigenvalue weighted by molar-refractivity contribution is 7.90. The molecule has 0 saturated carbocycles. The van der Waals surface area contributed by atoms with Gasteiger partial charge in [0, 0.05) is 6.92 Å². The van der Waals surface area contributed by atoms with Crippen molar-refractivity contribution in [2.75, 3.05) is 11.9 Å². The highest BCUT2D eigenvalue weighted by Gasteiger charge is 2.23. The fourth-order valence-corrected chi connectivity index (χ4v) is 5.13. The molecule has 0 atom stereocenters. The van der Waals surface area contributed by atoms with Crippen LogP contribution in [-0.4, -0.2) is 56.7 Å². The number of anilines is 1. The molecular weight excluding hydrogens is 590 g/mol. The number of rotatable bonds is 9. The first-order chi connectivity index (χ1) is 19.7. The van der Waals surface area contributed by atoms with Crippen LogP contribution in [0, 0.1) is 25.2 Å². The first kappa shape index (κ1) is 31.4. The van der Waals surface area contributed by atoms with Crippen molar-refractivity contribution >= 4 is 49.6 Å². The molecule has 0 unspecified atom stereocenters. The van der Waals surface area contributed by atoms with Crippen molar-refractivity contribution in [3.05, 3.63) is 71.7 Å². The monoisotopic (exact) mass is 615 g/mol. The Hall–Kier alpha value is -5.08. The number of hydrogen-bond donors (Lipinski definition) is 3. The van der Waals surface area contributed by atoms with Gasteiger partial charge in [-0.25, -0.2) is 45.8 Å². The Bertz CT molecular complexity index is 1790. The topological polar surface area (TPSA) is 219 Å². The van der Waals surface area contributed by atoms with Gasteiger partial charge in [-0.15, -0.1) is 0 Å². The number of benzene rings is 2. The summed E-state index contributed by atoms with van der Waals surface area (Å²) in [5, 5.41) is 11.7. The zero-order chi connectivity index (χ0) is 31.1. The van der Waals surface area contributed by atoms with Crippen molar-refractivity contribution in [2.24, 2.45) is 4.99 Å². The standard InChI is InChI=1S/C25H25N7O8S2/c1-16-4-8-19(9-5-16)41(36,37)30-24(34)29-23-22(21(14-26)28-18(3)33)27-15-32(23)12-13-40-25(35)31-42(38,39)20-10-6-17(2)7-11-20/h4-11,15H,12-13H2,1-3H3,(H,31,35)(H2,29,30,34). The Morgan fingerprint density at radius 1 is 0.929 bits per heavy atom. The number of carbonyl (C=O) groups excluding carboxylic acids is 3. The number of aromatic nitrogens is 2. The van der Waals surface area contributed by atoms with Crippen LogP contribution in [0.25, 0.3) is 0 Å². The normalized spacial score (nSPS) is 11.7. The lowest BCUT2D eigenvalue weighted by atomic mass is 10.2. The minimum absolute atomic E-state index is 0.156. The van der Waals surface area contributed by atoms with Crippen molar-refractivity contribution in [3.8, 4) is 6.07 Å². The van der Waals surface area contributed by atoms with E-state index in [-0.39, 0.29) is 27.8 Å². The highest BCUT2D eigenvalue weighted by atomic mass is 32.2. The maximum Gasteiger partial charge on any atom is 0.421 e. The van der Waals surface area contributed by atoms with Crippen LogP contribution in [-0.2, 0) is 36.1 Å². The number of hydrogen-bond acceptors (Lipinski definition) is 10. The Morgan fingerprint density at radius 2 is 1.45 bits per heavy atom. The fraction of sp³-hybridized carbons (Fsp3) is 0.200. The average molecular weight is 616 g/mol. The first-order valence-corrected chi connectivity index (χ1v) is 14.9. The summed E-state index contributed by atoms with van der Waals surface area (Å²) in [6, 6.07) is 11.9. The Kier molecular flexibility index (Phi) is 9.78. The van der Waals surface area contributed by atoms with Gasteiger partial charge >= 0.3 is 12.1 Å². The molecule has 0 spiro atoms. The smallest absolute Gasteiger partial charge is 0.421 e. The van der Waals surface area contributed by atoms with Gasteiger partial charge in [-0.05, 0) is 38.1 Å². The average Bonchev–Trinajstić information content (AvgIpc) is 3.28. The molecule has 0 aliphatic rings. The van der Waals surface area contributed by atoms with E-state index >= 15 is 0 Å². The summed E-state index contributed by atoms with van der Waals surface area (Å²) in [4.78, 5) is 43.6. The van der Waals surface area contributed by atoms with Crippen LogP contribution < -0.4 is 14.8 Å². The van der Waals surface area contributed by atoms with Gasteiger partial charge in [0.05, 0.1) is 22.7 Å². The molecule has 0 aliphatic carbocycles. The van der Waals surface area contributed by atoms with Gasteiger partial charge in [0.25, 0.3) is 20.0 Å². The van der Waals surface area contributed by atoms with E-state index in [1.54, 1.807) is 48.9 Å². The molecule has 4 amide bonds. The molecule has 3 rings (SSSR count). The summed E-state index contributed by atoms with van der Waals surface area (Å²) in [5.74, 6) is -1.00. The summed E-state index contributed by atoms with van der Waals surface area (Å²) in [6.45, 7) is 3.91. The molecule has 220 valence electrons. The van der Waals surface area contributed by atoms with E-state index in [4.69, 9.17) is 4.74 Å². The van der Waals surface area contributed by atoms with Crippen molar-refractivity contribution in [2.45, 2.75) is 37.1 Å². The van der Waals surface area contributed by atoms with Gasteiger partial charge in [0.2, 0.25) is 5.91 Å². The largest absolute Gasteiger partial charge is 0.447 e. The quantitative estimate of drug-likeness (QED) is 0.297. The second-order valence-electron chi connectivity index (χ2n) is 8.65. The van der Waals surface area contributed by atoms with Crippen molar-refractivity contribution in [1.29, 1.82) is 5.26 Å². The number of imidazole rings is 1. The van der Waals surface area contributed by atoms with Gasteiger partial charge in [0.1, 0.15) is 24.2 Å². The molecule has 0 saturated heterocycles. The molecule has 17 heteroatoms. The molecule has 0 aliphatic heterocycles. The number of aliphatic imine (C=N–C) groups is 1. The number of amides is 4. The van der Waals surface area contributed by atoms with E-state index in [0.717, 1.165) is 24.4 Å². The van der Waals surface area contributed by atoms with Crippen LogP contribution in [0.15, 0.2) is 69.6 Å². The van der Waals surface area contributed by atoms with E-state index in [1.165, 1.54) is 28.8 Å². The van der Waals surface area contributed by atoms with Crippen LogP contribution in [0.3, 0.4) is 0 Å². The van der Waals surface area contributed by atoms with E-state index in [0.29, 0.717) is 0 Å². The highest BCUT2D eigenvalue weighted by Crippen LogP contribution is 2.17. The minimum Gasteiger partial charge on any atom is -0.447 e. The molecule has 0 bridgehead atoms. The Labute approximate surface area is 241 Å². The fourth-order valence-electron chi connectivity index (χ4n) is 3.33. The molecule has 3 N–H and O–H groups in total. The van der Waals surface area contributed by atoms with Gasteiger partial charge in [0.15, 0.2) is 5.71 Å². The van der Waals surface area contributed by atoms with Gasteiger partial charge in [-0.2, -0.15) is 5.26 Å². The number of aryl methyl sites for hydroxylation is 2. The van der Waals surface area contributed by atoms with Crippen LogP contribution in [0.2, 0.25) is 0 Å². The summed E-state index contributed by atoms with van der Waals surface area (Å²) in [6.07, 6.45) is -0.181. The lowest BCUT2D eigenvalue weighted by Crippen LogP contribution is -2.35. The molecule has 1 heterocycles. The predicted octanol–water partition coefficient (Wildman–Crippen LogP) is 1.98. The second kappa shape index (κ2) is 13.1. The second-order valence-corrected chi connectivity index (χ2v) is 12.0. The zero-order valence-electron chi connectivity index (χ0n) is 22.5. The summed E-state index contributed by atoms with van der Waals surface area (Å²) in [7, 11) is -8.51. The Morgan fingerprint density at radius 3 is 1.95 bits per heavy atom. The van der Waals surface area contributed by atoms with E-state index in [2.05, 4.69) is 15.3 Å². The predicted molar refractivity (Wildman–Crippen MR) is 148 cm³/mol. The molecular formula is C25H25N7O8S2. The molecule has 2 aromatic carbocycles. The summed E-state index contributed by atoms with van der Waals surface area (Å²) in [5.41, 5.74) is 0.849. The maximum absolute atomic E-state index is 12.7. The molecule has 15 nitrogen and oxygen atoms in total. The van der Waals surface area contributed by atoms with E-state index < -0.39 is 50.4 Å². The summed E-state index contributed by atoms with van der Waals surface area (Å²) >= 11 is 0. The van der Waals surface area contributed by atoms with Gasteiger partial charge in [-0.1, -0.05) is 35.4 Å². The van der Waals surface area contributed by atoms with Gasteiger partial charge in [-0.3, -0.25) is 10.1 Å². The maximum atomic E-state index is 12.7. The lowest BCUT2D eigenvalue weighted by Gasteiger charge is -2.13. The molecule has 1 aromatic heterocycles. The number of nitrogens with zero attached hydrogens (tertiary/aromatic N) is 4. The number of nitrogens with one attached hydrogen (secondary N) is 3. The third-order valence-electron chi connectivity index (χ3n) is 5.34. The number of sulfonamides is 2. The molecule has 3 aromatic rings. The van der Waals surface area contributed by atoms with Crippen molar-refractivity contribution in [3.63, 3.8) is 0 Å². The van der Waals surface area contributed by atoms with Crippen LogP contribution in [0.4, 0.5) is 15.4 Å². The number of carbonyl (C=O) groups is 3. The van der Waals surface area contributed by atoms with Crippen molar-refractivity contribution in [1.82, 2.24) is 19.0 Å². The van der Waals surface area contributed by atoms with E-state index in [9.17, 15) is 36.5 Å². The first-order valence-electron chi connectivity index (χ1n) is 11.9. The third-order valence-corrected chi connectivity index (χ3v) is 8.02. The summed E-state index contributed by atoms with van der Waals surface area (Å²) < 4.78 is 59.8.